The molecule has 0 radical (unpaired) electrons. The van der Waals surface area contributed by atoms with Crippen LogP contribution in [-0.4, -0.2) is 41.5 Å². The summed E-state index contributed by atoms with van der Waals surface area (Å²) in [5.74, 6) is 1.34. The number of ether oxygens (including phenoxy) is 1. The van der Waals surface area contributed by atoms with Crippen LogP contribution in [0.25, 0.3) is 17.2 Å². The van der Waals surface area contributed by atoms with Gasteiger partial charge in [-0.3, -0.25) is 0 Å². The highest BCUT2D eigenvalue weighted by Gasteiger charge is 2.17. The molecule has 0 aliphatic rings. The van der Waals surface area contributed by atoms with Gasteiger partial charge >= 0.3 is 0 Å². The van der Waals surface area contributed by atoms with E-state index in [-0.39, 0.29) is 5.41 Å². The lowest BCUT2D eigenvalue weighted by atomic mass is 9.87. The average Bonchev–Trinajstić information content (AvgIpc) is 3.29. The molecule has 8 nitrogen and oxygen atoms in total. The van der Waals surface area contributed by atoms with Crippen LogP contribution in [0, 0.1) is 0 Å². The lowest BCUT2D eigenvalue weighted by Gasteiger charge is -2.19. The number of benzene rings is 1. The molecule has 150 valence electrons. The van der Waals surface area contributed by atoms with Crippen molar-refractivity contribution in [1.29, 1.82) is 0 Å². The van der Waals surface area contributed by atoms with E-state index < -0.39 is 0 Å². The molecule has 4 rings (SSSR count). The number of methoxy groups -OCH3 is 1. The van der Waals surface area contributed by atoms with Gasteiger partial charge in [0.1, 0.15) is 11.4 Å². The fraction of sp³-hybridized carbons (Fsp3) is 0.350. The Bertz CT molecular complexity index is 1140. The highest BCUT2D eigenvalue weighted by molar-refractivity contribution is 7.99. The summed E-state index contributed by atoms with van der Waals surface area (Å²) in [7, 11) is 3.60. The Morgan fingerprint density at radius 1 is 1.10 bits per heavy atom. The first-order valence-electron chi connectivity index (χ1n) is 9.23. The summed E-state index contributed by atoms with van der Waals surface area (Å²) in [5, 5.41) is 14.7. The van der Waals surface area contributed by atoms with Crippen LogP contribution in [0.3, 0.4) is 0 Å². The normalized spacial score (nSPS) is 12.0. The van der Waals surface area contributed by atoms with Gasteiger partial charge in [0.15, 0.2) is 11.0 Å². The van der Waals surface area contributed by atoms with E-state index in [1.54, 1.807) is 11.6 Å². The van der Waals surface area contributed by atoms with Gasteiger partial charge < -0.3 is 9.30 Å². The van der Waals surface area contributed by atoms with Crippen LogP contribution < -0.4 is 0 Å². The molecule has 0 unspecified atom stereocenters. The van der Waals surface area contributed by atoms with E-state index in [1.807, 2.05) is 17.7 Å². The third-order valence-corrected chi connectivity index (χ3v) is 5.64. The second-order valence-electron chi connectivity index (χ2n) is 7.79. The molecule has 4 aromatic rings. The van der Waals surface area contributed by atoms with Crippen molar-refractivity contribution in [3.05, 3.63) is 47.9 Å². The van der Waals surface area contributed by atoms with Gasteiger partial charge in [-0.1, -0.05) is 45.0 Å². The van der Waals surface area contributed by atoms with Crippen LogP contribution >= 0.6 is 11.8 Å². The molecular weight excluding hydrogens is 386 g/mol. The van der Waals surface area contributed by atoms with Crippen LogP contribution in [-0.2, 0) is 23.8 Å². The minimum atomic E-state index is 0.115. The molecule has 3 heterocycles. The second kappa shape index (κ2) is 7.57. The molecule has 0 N–H and O–H groups in total. The summed E-state index contributed by atoms with van der Waals surface area (Å²) in [5.41, 5.74) is 3.22. The molecule has 29 heavy (non-hydrogen) atoms. The van der Waals surface area contributed by atoms with Gasteiger partial charge in [0.2, 0.25) is 0 Å². The Kier molecular flexibility index (Phi) is 5.10. The van der Waals surface area contributed by atoms with Crippen molar-refractivity contribution in [1.82, 2.24) is 34.3 Å². The Hall–Kier alpha value is -2.78. The third kappa shape index (κ3) is 3.88. The number of rotatable bonds is 5. The highest BCUT2D eigenvalue weighted by atomic mass is 32.2. The zero-order chi connectivity index (χ0) is 20.6. The maximum Gasteiger partial charge on any atom is 0.253 e. The molecule has 1 aromatic carbocycles. The quantitative estimate of drug-likeness (QED) is 0.466. The largest absolute Gasteiger partial charge is 0.378 e. The molecule has 0 spiro atoms. The molecule has 0 aliphatic carbocycles. The van der Waals surface area contributed by atoms with Crippen LogP contribution in [0.15, 0.2) is 46.8 Å². The number of fused-ring (bicyclic) bond motifs is 1. The SMILES string of the molecule is COCc1cc(Sc2nnc(-c3ccc(C(C)(C)C)cc3)n2C)n2ncnc2n1. The fourth-order valence-electron chi connectivity index (χ4n) is 2.99. The van der Waals surface area contributed by atoms with Gasteiger partial charge in [0, 0.05) is 19.7 Å². The molecular formula is C20H23N7OS. The first-order valence-corrected chi connectivity index (χ1v) is 10.1. The fourth-order valence-corrected chi connectivity index (χ4v) is 3.90. The Balaban J connectivity index is 1.66. The summed E-state index contributed by atoms with van der Waals surface area (Å²) < 4.78 is 8.89. The van der Waals surface area contributed by atoms with Gasteiger partial charge in [-0.25, -0.2) is 4.98 Å². The molecule has 0 fully saturated rings. The van der Waals surface area contributed by atoms with E-state index in [2.05, 4.69) is 70.3 Å². The number of nitrogens with zero attached hydrogens (tertiary/aromatic N) is 7. The Labute approximate surface area is 173 Å². The average molecular weight is 410 g/mol. The van der Waals surface area contributed by atoms with Crippen molar-refractivity contribution >= 4 is 17.5 Å². The summed E-state index contributed by atoms with van der Waals surface area (Å²) >= 11 is 1.47. The zero-order valence-electron chi connectivity index (χ0n) is 17.1. The molecule has 3 aromatic heterocycles. The molecule has 0 saturated heterocycles. The summed E-state index contributed by atoms with van der Waals surface area (Å²) in [6.07, 6.45) is 1.49. The van der Waals surface area contributed by atoms with Crippen molar-refractivity contribution in [2.24, 2.45) is 7.05 Å². The van der Waals surface area contributed by atoms with Gasteiger partial charge in [0.05, 0.1) is 12.3 Å². The Morgan fingerprint density at radius 3 is 2.55 bits per heavy atom. The number of hydrogen-bond acceptors (Lipinski definition) is 7. The van der Waals surface area contributed by atoms with E-state index in [0.717, 1.165) is 27.3 Å². The molecule has 0 aliphatic heterocycles. The van der Waals surface area contributed by atoms with Crippen LogP contribution in [0.2, 0.25) is 0 Å². The van der Waals surface area contributed by atoms with Gasteiger partial charge in [-0.2, -0.15) is 14.6 Å². The number of aromatic nitrogens is 7. The number of hydrogen-bond donors (Lipinski definition) is 0. The smallest absolute Gasteiger partial charge is 0.253 e. The zero-order valence-corrected chi connectivity index (χ0v) is 17.9. The maximum atomic E-state index is 5.22. The van der Waals surface area contributed by atoms with E-state index in [1.165, 1.54) is 23.7 Å². The van der Waals surface area contributed by atoms with E-state index in [4.69, 9.17) is 4.74 Å². The second-order valence-corrected chi connectivity index (χ2v) is 8.77. The first kappa shape index (κ1) is 19.5. The van der Waals surface area contributed by atoms with Gasteiger partial charge in [0.25, 0.3) is 5.78 Å². The summed E-state index contributed by atoms with van der Waals surface area (Å²) in [6.45, 7) is 7.02. The standard InChI is InChI=1S/C20H23N7OS/c1-20(2,3)14-8-6-13(7-9-14)17-24-25-19(26(17)4)29-16-10-15(11-28-5)23-18-21-12-22-27(16)18/h6-10,12H,11H2,1-5H3. The highest BCUT2D eigenvalue weighted by Crippen LogP contribution is 2.30. The van der Waals surface area contributed by atoms with E-state index in [9.17, 15) is 0 Å². The van der Waals surface area contributed by atoms with Gasteiger partial charge in [-0.15, -0.1) is 10.2 Å². The minimum Gasteiger partial charge on any atom is -0.378 e. The van der Waals surface area contributed by atoms with E-state index >= 15 is 0 Å². The lowest BCUT2D eigenvalue weighted by Crippen LogP contribution is -2.10. The molecule has 0 saturated carbocycles. The van der Waals surface area contributed by atoms with Crippen molar-refractivity contribution in [3.63, 3.8) is 0 Å². The lowest BCUT2D eigenvalue weighted by molar-refractivity contribution is 0.181. The summed E-state index contributed by atoms with van der Waals surface area (Å²) in [4.78, 5) is 8.63. The predicted octanol–water partition coefficient (Wildman–Crippen LogP) is 3.51. The maximum absolute atomic E-state index is 5.22. The first-order chi connectivity index (χ1) is 13.9. The van der Waals surface area contributed by atoms with Gasteiger partial charge in [-0.05, 0) is 28.8 Å². The van der Waals surface area contributed by atoms with Crippen LogP contribution in [0.5, 0.6) is 0 Å². The van der Waals surface area contributed by atoms with Crippen LogP contribution in [0.4, 0.5) is 0 Å². The van der Waals surface area contributed by atoms with Crippen molar-refractivity contribution in [2.45, 2.75) is 43.0 Å². The third-order valence-electron chi connectivity index (χ3n) is 4.60. The van der Waals surface area contributed by atoms with Crippen molar-refractivity contribution in [3.8, 4) is 11.4 Å². The Morgan fingerprint density at radius 2 is 1.86 bits per heavy atom. The molecule has 0 bridgehead atoms. The molecule has 0 amide bonds. The van der Waals surface area contributed by atoms with Crippen molar-refractivity contribution < 1.29 is 4.74 Å². The topological polar surface area (TPSA) is 83.0 Å². The minimum absolute atomic E-state index is 0.115. The summed E-state index contributed by atoms with van der Waals surface area (Å²) in [6, 6.07) is 10.4. The van der Waals surface area contributed by atoms with E-state index in [0.29, 0.717) is 12.4 Å². The molecule has 9 heteroatoms. The monoisotopic (exact) mass is 409 g/mol. The predicted molar refractivity (Wildman–Crippen MR) is 111 cm³/mol. The van der Waals surface area contributed by atoms with Crippen molar-refractivity contribution in [2.75, 3.05) is 7.11 Å². The van der Waals surface area contributed by atoms with Crippen LogP contribution in [0.1, 0.15) is 32.0 Å². The molecule has 0 atom stereocenters.